The van der Waals surface area contributed by atoms with Gasteiger partial charge in [0.15, 0.2) is 0 Å². The first-order chi connectivity index (χ1) is 5.55. The first-order valence-electron chi connectivity index (χ1n) is 3.92. The Balaban J connectivity index is 2.53. The summed E-state index contributed by atoms with van der Waals surface area (Å²) < 4.78 is 48.9. The van der Waals surface area contributed by atoms with Gasteiger partial charge in [0.05, 0.1) is 0 Å². The second-order valence-electron chi connectivity index (χ2n) is 3.02. The summed E-state index contributed by atoms with van der Waals surface area (Å²) in [5.74, 6) is -5.03. The van der Waals surface area contributed by atoms with E-state index in [4.69, 9.17) is 0 Å². The molecule has 1 atom stereocenters. The minimum absolute atomic E-state index is 0.00264. The number of halogens is 4. The predicted octanol–water partition coefficient (Wildman–Crippen LogP) is 1.89. The largest absolute Gasteiger partial charge is 0.316 e. The van der Waals surface area contributed by atoms with Crippen LogP contribution < -0.4 is 5.32 Å². The molecule has 0 saturated carbocycles. The van der Waals surface area contributed by atoms with Gasteiger partial charge in [-0.05, 0) is 19.4 Å². The number of nitrogens with one attached hydrogen (secondary N) is 1. The molecule has 1 aliphatic rings. The predicted molar refractivity (Wildman–Crippen MR) is 36.5 cm³/mol. The maximum atomic E-state index is 12.6. The zero-order valence-corrected chi connectivity index (χ0v) is 6.49. The van der Waals surface area contributed by atoms with E-state index >= 15 is 0 Å². The molecule has 0 amide bonds. The van der Waals surface area contributed by atoms with Crippen LogP contribution in [0.15, 0.2) is 0 Å². The summed E-state index contributed by atoms with van der Waals surface area (Å²) in [6.07, 6.45) is -2.81. The van der Waals surface area contributed by atoms with Crippen LogP contribution in [-0.2, 0) is 0 Å². The SMILES string of the molecule is FC(F)C(F)(F)C1CCCNC1. The fraction of sp³-hybridized carbons (Fsp3) is 1.00. The van der Waals surface area contributed by atoms with Crippen molar-refractivity contribution in [3.63, 3.8) is 0 Å². The second kappa shape index (κ2) is 3.60. The molecule has 1 N–H and O–H groups in total. The molecule has 0 aromatic carbocycles. The lowest BCUT2D eigenvalue weighted by Gasteiger charge is -2.29. The van der Waals surface area contributed by atoms with Crippen LogP contribution >= 0.6 is 0 Å². The lowest BCUT2D eigenvalue weighted by atomic mass is 9.93. The number of hydrogen-bond donors (Lipinski definition) is 1. The summed E-state index contributed by atoms with van der Waals surface area (Å²) in [5.41, 5.74) is 0. The van der Waals surface area contributed by atoms with Crippen LogP contribution in [0.4, 0.5) is 17.6 Å². The molecule has 1 nitrogen and oxygen atoms in total. The molecule has 1 fully saturated rings. The van der Waals surface area contributed by atoms with E-state index in [2.05, 4.69) is 5.32 Å². The zero-order chi connectivity index (χ0) is 9.19. The summed E-state index contributed by atoms with van der Waals surface area (Å²) in [5, 5.41) is 2.68. The van der Waals surface area contributed by atoms with Crippen molar-refractivity contribution in [2.75, 3.05) is 13.1 Å². The molecule has 1 unspecified atom stereocenters. The minimum atomic E-state index is -3.83. The minimum Gasteiger partial charge on any atom is -0.316 e. The monoisotopic (exact) mass is 185 g/mol. The standard InChI is InChI=1S/C7H11F4N/c8-6(9)7(10,11)5-2-1-3-12-4-5/h5-6,12H,1-4H2. The number of hydrogen-bond acceptors (Lipinski definition) is 1. The van der Waals surface area contributed by atoms with E-state index < -0.39 is 18.3 Å². The lowest BCUT2D eigenvalue weighted by molar-refractivity contribution is -0.168. The molecule has 0 spiro atoms. The van der Waals surface area contributed by atoms with E-state index in [1.54, 1.807) is 0 Å². The maximum Gasteiger partial charge on any atom is 0.311 e. The fourth-order valence-corrected chi connectivity index (χ4v) is 1.36. The Bertz CT molecular complexity index is 142. The van der Waals surface area contributed by atoms with Crippen molar-refractivity contribution in [1.29, 1.82) is 0 Å². The summed E-state index contributed by atoms with van der Waals surface area (Å²) in [6.45, 7) is 0.646. The maximum absolute atomic E-state index is 12.6. The summed E-state index contributed by atoms with van der Waals surface area (Å²) in [6, 6.07) is 0. The molecule has 0 bridgehead atoms. The Kier molecular flexibility index (Phi) is 2.93. The molecule has 0 aromatic rings. The van der Waals surface area contributed by atoms with Gasteiger partial charge in [0.25, 0.3) is 0 Å². The Morgan fingerprint density at radius 1 is 1.33 bits per heavy atom. The zero-order valence-electron chi connectivity index (χ0n) is 6.49. The quantitative estimate of drug-likeness (QED) is 0.648. The third kappa shape index (κ3) is 1.88. The van der Waals surface area contributed by atoms with Crippen LogP contribution in [0.25, 0.3) is 0 Å². The molecular weight excluding hydrogens is 174 g/mol. The Hall–Kier alpha value is -0.320. The van der Waals surface area contributed by atoms with Crippen LogP contribution in [0.2, 0.25) is 0 Å². The van der Waals surface area contributed by atoms with Crippen LogP contribution in [0.1, 0.15) is 12.8 Å². The molecular formula is C7H11F4N. The number of rotatable bonds is 2. The van der Waals surface area contributed by atoms with Crippen molar-refractivity contribution < 1.29 is 17.6 Å². The highest BCUT2D eigenvalue weighted by atomic mass is 19.3. The van der Waals surface area contributed by atoms with Gasteiger partial charge in [0, 0.05) is 12.5 Å². The molecule has 72 valence electrons. The molecule has 0 radical (unpaired) electrons. The van der Waals surface area contributed by atoms with Gasteiger partial charge < -0.3 is 5.32 Å². The van der Waals surface area contributed by atoms with Crippen LogP contribution in [0.5, 0.6) is 0 Å². The van der Waals surface area contributed by atoms with Crippen molar-refractivity contribution in [1.82, 2.24) is 5.32 Å². The number of piperidine rings is 1. The molecule has 1 saturated heterocycles. The average Bonchev–Trinajstić information content (AvgIpc) is 2.06. The van der Waals surface area contributed by atoms with Gasteiger partial charge in [-0.25, -0.2) is 8.78 Å². The molecule has 1 aliphatic heterocycles. The van der Waals surface area contributed by atoms with Gasteiger partial charge in [-0.15, -0.1) is 0 Å². The molecule has 1 rings (SSSR count). The van der Waals surface area contributed by atoms with Gasteiger partial charge in [-0.3, -0.25) is 0 Å². The first kappa shape index (κ1) is 9.77. The van der Waals surface area contributed by atoms with E-state index in [9.17, 15) is 17.6 Å². The topological polar surface area (TPSA) is 12.0 Å². The van der Waals surface area contributed by atoms with Gasteiger partial charge in [0.1, 0.15) is 0 Å². The lowest BCUT2D eigenvalue weighted by Crippen LogP contribution is -2.44. The number of alkyl halides is 4. The second-order valence-corrected chi connectivity index (χ2v) is 3.02. The van der Waals surface area contributed by atoms with Crippen LogP contribution in [0.3, 0.4) is 0 Å². The van der Waals surface area contributed by atoms with E-state index in [0.29, 0.717) is 13.0 Å². The van der Waals surface area contributed by atoms with E-state index in [1.807, 2.05) is 0 Å². The van der Waals surface area contributed by atoms with Crippen molar-refractivity contribution in [3.8, 4) is 0 Å². The third-order valence-corrected chi connectivity index (χ3v) is 2.13. The molecule has 0 aromatic heterocycles. The Labute approximate surface area is 68.1 Å². The molecule has 5 heteroatoms. The highest BCUT2D eigenvalue weighted by molar-refractivity contribution is 4.83. The summed E-state index contributed by atoms with van der Waals surface area (Å²) >= 11 is 0. The van der Waals surface area contributed by atoms with Gasteiger partial charge in [0.2, 0.25) is 0 Å². The van der Waals surface area contributed by atoms with Gasteiger partial charge in [-0.2, -0.15) is 8.78 Å². The third-order valence-electron chi connectivity index (χ3n) is 2.13. The van der Waals surface area contributed by atoms with Crippen LogP contribution in [-0.4, -0.2) is 25.4 Å². The normalized spacial score (nSPS) is 26.2. The first-order valence-corrected chi connectivity index (χ1v) is 3.92. The summed E-state index contributed by atoms with van der Waals surface area (Å²) in [4.78, 5) is 0. The highest BCUT2D eigenvalue weighted by Crippen LogP contribution is 2.34. The fourth-order valence-electron chi connectivity index (χ4n) is 1.36. The van der Waals surface area contributed by atoms with E-state index in [0.717, 1.165) is 0 Å². The summed E-state index contributed by atoms with van der Waals surface area (Å²) in [7, 11) is 0. The van der Waals surface area contributed by atoms with Crippen LogP contribution in [0, 0.1) is 5.92 Å². The molecule has 12 heavy (non-hydrogen) atoms. The molecule has 1 heterocycles. The van der Waals surface area contributed by atoms with Gasteiger partial charge in [-0.1, -0.05) is 0 Å². The Morgan fingerprint density at radius 2 is 2.00 bits per heavy atom. The molecule has 0 aliphatic carbocycles. The van der Waals surface area contributed by atoms with Crippen molar-refractivity contribution in [2.45, 2.75) is 25.2 Å². The highest BCUT2D eigenvalue weighted by Gasteiger charge is 2.48. The van der Waals surface area contributed by atoms with E-state index in [1.165, 1.54) is 0 Å². The smallest absolute Gasteiger partial charge is 0.311 e. The Morgan fingerprint density at radius 3 is 2.42 bits per heavy atom. The van der Waals surface area contributed by atoms with Crippen molar-refractivity contribution in [3.05, 3.63) is 0 Å². The van der Waals surface area contributed by atoms with E-state index in [-0.39, 0.29) is 13.0 Å². The van der Waals surface area contributed by atoms with Crippen molar-refractivity contribution in [2.24, 2.45) is 5.92 Å². The average molecular weight is 185 g/mol. The van der Waals surface area contributed by atoms with Gasteiger partial charge >= 0.3 is 12.3 Å². The van der Waals surface area contributed by atoms with Crippen molar-refractivity contribution >= 4 is 0 Å².